The molecule has 0 bridgehead atoms. The SMILES string of the molecule is Cn1c(C2CCN(C(=O)N[C@H]3CC[C@H](C(=O)O)CC3)CC2)nc2c1CCNCC2. The molecule has 1 saturated heterocycles. The van der Waals surface area contributed by atoms with Crippen LogP contribution in [0.4, 0.5) is 4.79 Å². The van der Waals surface area contributed by atoms with Gasteiger partial charge in [0.1, 0.15) is 5.82 Å². The fourth-order valence-corrected chi connectivity index (χ4v) is 5.12. The van der Waals surface area contributed by atoms with E-state index in [9.17, 15) is 9.59 Å². The van der Waals surface area contributed by atoms with E-state index in [2.05, 4.69) is 22.2 Å². The average molecular weight is 404 g/mol. The number of carboxylic acids is 1. The summed E-state index contributed by atoms with van der Waals surface area (Å²) in [5.41, 5.74) is 2.60. The Hall–Kier alpha value is -2.09. The van der Waals surface area contributed by atoms with E-state index in [1.54, 1.807) is 0 Å². The van der Waals surface area contributed by atoms with Crippen molar-refractivity contribution in [1.29, 1.82) is 0 Å². The number of rotatable bonds is 3. The van der Waals surface area contributed by atoms with E-state index in [-0.39, 0.29) is 18.0 Å². The number of piperidine rings is 1. The second-order valence-electron chi connectivity index (χ2n) is 8.77. The van der Waals surface area contributed by atoms with Crippen LogP contribution in [-0.4, -0.2) is 63.8 Å². The lowest BCUT2D eigenvalue weighted by Crippen LogP contribution is -2.48. The minimum Gasteiger partial charge on any atom is -0.481 e. The number of nitrogens with one attached hydrogen (secondary N) is 2. The van der Waals surface area contributed by atoms with Gasteiger partial charge in [-0.3, -0.25) is 4.79 Å². The van der Waals surface area contributed by atoms with Gasteiger partial charge in [-0.2, -0.15) is 0 Å². The molecule has 3 aliphatic rings. The summed E-state index contributed by atoms with van der Waals surface area (Å²) in [4.78, 5) is 30.6. The van der Waals surface area contributed by atoms with Crippen molar-refractivity contribution in [2.75, 3.05) is 26.2 Å². The number of fused-ring (bicyclic) bond motifs is 1. The molecule has 1 aromatic rings. The van der Waals surface area contributed by atoms with Gasteiger partial charge in [0.15, 0.2) is 0 Å². The lowest BCUT2D eigenvalue weighted by atomic mass is 9.86. The van der Waals surface area contributed by atoms with Gasteiger partial charge in [0.05, 0.1) is 11.6 Å². The Morgan fingerprint density at radius 1 is 1.07 bits per heavy atom. The van der Waals surface area contributed by atoms with Crippen molar-refractivity contribution >= 4 is 12.0 Å². The van der Waals surface area contributed by atoms with E-state index < -0.39 is 5.97 Å². The summed E-state index contributed by atoms with van der Waals surface area (Å²) in [5.74, 6) is 0.640. The van der Waals surface area contributed by atoms with Crippen LogP contribution in [0.15, 0.2) is 0 Å². The number of nitrogens with zero attached hydrogens (tertiary/aromatic N) is 3. The minimum atomic E-state index is -0.709. The van der Waals surface area contributed by atoms with Gasteiger partial charge in [-0.15, -0.1) is 0 Å². The molecular weight excluding hydrogens is 370 g/mol. The van der Waals surface area contributed by atoms with Crippen molar-refractivity contribution in [1.82, 2.24) is 25.1 Å². The predicted octanol–water partition coefficient (Wildman–Crippen LogP) is 1.64. The third-order valence-corrected chi connectivity index (χ3v) is 6.96. The van der Waals surface area contributed by atoms with Crippen molar-refractivity contribution in [2.45, 2.75) is 63.3 Å². The summed E-state index contributed by atoms with van der Waals surface area (Å²) in [5, 5.41) is 15.7. The number of imidazole rings is 1. The van der Waals surface area contributed by atoms with Crippen molar-refractivity contribution in [3.05, 3.63) is 17.2 Å². The Morgan fingerprint density at radius 2 is 1.76 bits per heavy atom. The molecule has 8 nitrogen and oxygen atoms in total. The fourth-order valence-electron chi connectivity index (χ4n) is 5.12. The first kappa shape index (κ1) is 20.2. The Kier molecular flexibility index (Phi) is 6.08. The molecule has 0 unspecified atom stereocenters. The molecule has 2 fully saturated rings. The molecule has 1 aliphatic carbocycles. The Labute approximate surface area is 172 Å². The zero-order chi connectivity index (χ0) is 20.4. The van der Waals surface area contributed by atoms with Crippen LogP contribution in [0.2, 0.25) is 0 Å². The zero-order valence-corrected chi connectivity index (χ0v) is 17.3. The maximum Gasteiger partial charge on any atom is 0.317 e. The number of carbonyl (C=O) groups excluding carboxylic acids is 1. The van der Waals surface area contributed by atoms with Crippen LogP contribution < -0.4 is 10.6 Å². The average Bonchev–Trinajstić information content (AvgIpc) is 2.89. The van der Waals surface area contributed by atoms with Gasteiger partial charge in [-0.05, 0) is 38.5 Å². The van der Waals surface area contributed by atoms with E-state index in [4.69, 9.17) is 10.1 Å². The Balaban J connectivity index is 1.28. The van der Waals surface area contributed by atoms with E-state index in [0.717, 1.165) is 64.7 Å². The Bertz CT molecular complexity index is 746. The third kappa shape index (κ3) is 4.42. The summed E-state index contributed by atoms with van der Waals surface area (Å²) in [6, 6.07) is 0.110. The zero-order valence-electron chi connectivity index (χ0n) is 17.3. The lowest BCUT2D eigenvalue weighted by molar-refractivity contribution is -0.142. The molecule has 0 atom stereocenters. The monoisotopic (exact) mass is 403 g/mol. The molecule has 29 heavy (non-hydrogen) atoms. The number of carbonyl (C=O) groups is 2. The lowest BCUT2D eigenvalue weighted by Gasteiger charge is -2.34. The summed E-state index contributed by atoms with van der Waals surface area (Å²) >= 11 is 0. The van der Waals surface area contributed by atoms with Crippen LogP contribution in [0.3, 0.4) is 0 Å². The highest BCUT2D eigenvalue weighted by atomic mass is 16.4. The number of amides is 2. The number of aliphatic carboxylic acids is 1. The third-order valence-electron chi connectivity index (χ3n) is 6.96. The molecule has 1 saturated carbocycles. The first-order valence-electron chi connectivity index (χ1n) is 11.1. The number of aromatic nitrogens is 2. The maximum atomic E-state index is 12.7. The summed E-state index contributed by atoms with van der Waals surface area (Å²) in [7, 11) is 2.14. The van der Waals surface area contributed by atoms with Crippen molar-refractivity contribution < 1.29 is 14.7 Å². The first-order chi connectivity index (χ1) is 14.0. The van der Waals surface area contributed by atoms with Gasteiger partial charge in [0, 0.05) is 63.7 Å². The van der Waals surface area contributed by atoms with Gasteiger partial charge in [0.25, 0.3) is 0 Å². The van der Waals surface area contributed by atoms with Crippen LogP contribution >= 0.6 is 0 Å². The number of likely N-dealkylation sites (tertiary alicyclic amines) is 1. The van der Waals surface area contributed by atoms with Crippen LogP contribution in [0.5, 0.6) is 0 Å². The Morgan fingerprint density at radius 3 is 2.45 bits per heavy atom. The van der Waals surface area contributed by atoms with Gasteiger partial charge < -0.3 is 25.2 Å². The molecule has 8 heteroatoms. The van der Waals surface area contributed by atoms with E-state index >= 15 is 0 Å². The highest BCUT2D eigenvalue weighted by Crippen LogP contribution is 2.30. The molecule has 0 spiro atoms. The van der Waals surface area contributed by atoms with Crippen molar-refractivity contribution in [2.24, 2.45) is 13.0 Å². The first-order valence-corrected chi connectivity index (χ1v) is 11.1. The molecule has 2 amide bonds. The molecular formula is C21H33N5O3. The second-order valence-corrected chi connectivity index (χ2v) is 8.77. The quantitative estimate of drug-likeness (QED) is 0.713. The molecule has 4 rings (SSSR count). The molecule has 3 heterocycles. The highest BCUT2D eigenvalue weighted by Gasteiger charge is 2.31. The van der Waals surface area contributed by atoms with Gasteiger partial charge in [-0.25, -0.2) is 9.78 Å². The van der Waals surface area contributed by atoms with Crippen LogP contribution in [0.1, 0.15) is 61.7 Å². The number of carboxylic acid groups (broad SMARTS) is 1. The van der Waals surface area contributed by atoms with Crippen LogP contribution in [0, 0.1) is 5.92 Å². The van der Waals surface area contributed by atoms with Crippen LogP contribution in [0.25, 0.3) is 0 Å². The van der Waals surface area contributed by atoms with Crippen molar-refractivity contribution in [3.63, 3.8) is 0 Å². The van der Waals surface area contributed by atoms with Crippen molar-refractivity contribution in [3.8, 4) is 0 Å². The van der Waals surface area contributed by atoms with Gasteiger partial charge >= 0.3 is 12.0 Å². The van der Waals surface area contributed by atoms with Crippen LogP contribution in [-0.2, 0) is 24.7 Å². The summed E-state index contributed by atoms with van der Waals surface area (Å²) in [6.07, 6.45) is 6.74. The topological polar surface area (TPSA) is 99.5 Å². The number of urea groups is 1. The van der Waals surface area contributed by atoms with Gasteiger partial charge in [0.2, 0.25) is 0 Å². The smallest absolute Gasteiger partial charge is 0.317 e. The highest BCUT2D eigenvalue weighted by molar-refractivity contribution is 5.75. The largest absolute Gasteiger partial charge is 0.481 e. The second kappa shape index (κ2) is 8.73. The van der Waals surface area contributed by atoms with E-state index in [0.29, 0.717) is 18.8 Å². The minimum absolute atomic E-state index is 0.00363. The standard InChI is InChI=1S/C21H33N5O3/c1-25-18-7-11-22-10-6-17(18)24-19(25)14-8-12-26(13-9-14)21(29)23-16-4-2-15(3-5-16)20(27)28/h14-16,22H,2-13H2,1H3,(H,23,29)(H,27,28)/t15-,16-. The van der Waals surface area contributed by atoms with Gasteiger partial charge in [-0.1, -0.05) is 0 Å². The summed E-state index contributed by atoms with van der Waals surface area (Å²) < 4.78 is 2.30. The summed E-state index contributed by atoms with van der Waals surface area (Å²) in [6.45, 7) is 3.51. The normalized spacial score (nSPS) is 25.9. The maximum absolute atomic E-state index is 12.7. The van der Waals surface area contributed by atoms with E-state index in [1.165, 1.54) is 17.2 Å². The molecule has 2 aliphatic heterocycles. The molecule has 0 radical (unpaired) electrons. The predicted molar refractivity (Wildman–Crippen MR) is 109 cm³/mol. The van der Waals surface area contributed by atoms with E-state index in [1.807, 2.05) is 4.90 Å². The number of hydrogen-bond donors (Lipinski definition) is 3. The molecule has 1 aromatic heterocycles. The number of hydrogen-bond acceptors (Lipinski definition) is 4. The molecule has 160 valence electrons. The fraction of sp³-hybridized carbons (Fsp3) is 0.762. The molecule has 3 N–H and O–H groups in total. The molecule has 0 aromatic carbocycles.